The van der Waals surface area contributed by atoms with Crippen LogP contribution in [-0.2, 0) is 4.79 Å². The Morgan fingerprint density at radius 2 is 2.00 bits per heavy atom. The first kappa shape index (κ1) is 8.47. The molecule has 2 heteroatoms. The summed E-state index contributed by atoms with van der Waals surface area (Å²) in [5, 5.41) is 8.18. The molecule has 0 aromatic heterocycles. The molecular weight excluding hydrogens is 116 g/mol. The molecule has 0 aromatic rings. The minimum Gasteiger partial charge on any atom is -0.481 e. The highest BCUT2D eigenvalue weighted by atomic mass is 16.4. The minimum absolute atomic E-state index is 0.278. The molecule has 0 aliphatic carbocycles. The van der Waals surface area contributed by atoms with Crippen LogP contribution in [-0.4, -0.2) is 11.1 Å². The van der Waals surface area contributed by atoms with Crippen molar-refractivity contribution in [2.45, 2.75) is 32.1 Å². The van der Waals surface area contributed by atoms with Gasteiger partial charge in [-0.2, -0.15) is 0 Å². The van der Waals surface area contributed by atoms with Crippen LogP contribution in [0.4, 0.5) is 0 Å². The van der Waals surface area contributed by atoms with E-state index in [1.54, 1.807) is 0 Å². The zero-order chi connectivity index (χ0) is 7.11. The number of unbranched alkanes of at least 4 members (excludes halogenated alkanes) is 3. The monoisotopic (exact) mass is 128 g/mol. The van der Waals surface area contributed by atoms with Crippen molar-refractivity contribution in [3.63, 3.8) is 0 Å². The lowest BCUT2D eigenvalue weighted by Crippen LogP contribution is -1.93. The third-order valence-electron chi connectivity index (χ3n) is 1.09. The summed E-state index contributed by atoms with van der Waals surface area (Å²) >= 11 is 0. The number of aliphatic carboxylic acids is 1. The van der Waals surface area contributed by atoms with Gasteiger partial charge in [0.15, 0.2) is 0 Å². The van der Waals surface area contributed by atoms with Gasteiger partial charge in [-0.25, -0.2) is 0 Å². The molecule has 2 nitrogen and oxygen atoms in total. The average molecular weight is 128 g/mol. The van der Waals surface area contributed by atoms with Crippen molar-refractivity contribution in [2.24, 2.45) is 0 Å². The largest absolute Gasteiger partial charge is 0.481 e. The summed E-state index contributed by atoms with van der Waals surface area (Å²) in [6, 6.07) is 0. The fourth-order valence-electron chi connectivity index (χ4n) is 0.597. The van der Waals surface area contributed by atoms with Gasteiger partial charge in [-0.3, -0.25) is 4.79 Å². The molecule has 0 atom stereocenters. The predicted molar refractivity (Wildman–Crippen MR) is 35.0 cm³/mol. The van der Waals surface area contributed by atoms with Gasteiger partial charge in [-0.15, -0.1) is 0 Å². The molecule has 0 saturated carbocycles. The normalized spacial score (nSPS) is 9.44. The quantitative estimate of drug-likeness (QED) is 0.572. The Hall–Kier alpha value is -0.530. The summed E-state index contributed by atoms with van der Waals surface area (Å²) in [6.07, 6.45) is 3.57. The van der Waals surface area contributed by atoms with Crippen LogP contribution < -0.4 is 0 Å². The van der Waals surface area contributed by atoms with Crippen LogP contribution in [0.25, 0.3) is 0 Å². The molecule has 52 valence electrons. The van der Waals surface area contributed by atoms with E-state index < -0.39 is 5.97 Å². The van der Waals surface area contributed by atoms with Crippen LogP contribution >= 0.6 is 0 Å². The van der Waals surface area contributed by atoms with Crippen molar-refractivity contribution in [1.29, 1.82) is 0 Å². The van der Waals surface area contributed by atoms with Gasteiger partial charge in [0.05, 0.1) is 0 Å². The second-order valence-electron chi connectivity index (χ2n) is 1.99. The van der Waals surface area contributed by atoms with E-state index in [0.29, 0.717) is 6.42 Å². The molecule has 0 heterocycles. The number of carboxylic acid groups (broad SMARTS) is 1. The molecular formula is C7H12O2. The molecule has 0 saturated heterocycles. The van der Waals surface area contributed by atoms with Crippen LogP contribution in [0.2, 0.25) is 0 Å². The van der Waals surface area contributed by atoms with Gasteiger partial charge in [0.2, 0.25) is 0 Å². The Bertz CT molecular complexity index is 79.0. The van der Waals surface area contributed by atoms with Gasteiger partial charge in [0.25, 0.3) is 0 Å². The van der Waals surface area contributed by atoms with Crippen molar-refractivity contribution in [1.82, 2.24) is 0 Å². The molecule has 0 bridgehead atoms. The molecule has 2 radical (unpaired) electrons. The zero-order valence-corrected chi connectivity index (χ0v) is 5.47. The van der Waals surface area contributed by atoms with Gasteiger partial charge in [0, 0.05) is 6.42 Å². The third kappa shape index (κ3) is 7.47. The van der Waals surface area contributed by atoms with Gasteiger partial charge in [-0.1, -0.05) is 12.8 Å². The molecule has 0 aliphatic heterocycles. The van der Waals surface area contributed by atoms with Crippen LogP contribution in [0.5, 0.6) is 0 Å². The molecule has 0 aromatic carbocycles. The lowest BCUT2D eigenvalue weighted by atomic mass is 10.2. The van der Waals surface area contributed by atoms with Crippen molar-refractivity contribution >= 4 is 5.97 Å². The van der Waals surface area contributed by atoms with E-state index in [-0.39, 0.29) is 6.42 Å². The number of carbonyl (C=O) groups is 1. The number of carboxylic acids is 1. The van der Waals surface area contributed by atoms with E-state index in [1.807, 2.05) is 0 Å². The molecule has 0 rings (SSSR count). The van der Waals surface area contributed by atoms with E-state index in [1.165, 1.54) is 0 Å². The lowest BCUT2D eigenvalue weighted by Gasteiger charge is -1.92. The summed E-state index contributed by atoms with van der Waals surface area (Å²) in [5.41, 5.74) is 0. The maximum atomic E-state index is 9.93. The van der Waals surface area contributed by atoms with Crippen LogP contribution in [0.3, 0.4) is 0 Å². The summed E-state index contributed by atoms with van der Waals surface area (Å²) in [6.45, 7) is 5.20. The van der Waals surface area contributed by atoms with Gasteiger partial charge < -0.3 is 5.11 Å². The van der Waals surface area contributed by atoms with Crippen LogP contribution in [0, 0.1) is 6.92 Å². The van der Waals surface area contributed by atoms with Crippen molar-refractivity contribution in [2.75, 3.05) is 0 Å². The average Bonchev–Trinajstić information content (AvgIpc) is 1.80. The molecule has 0 spiro atoms. The molecule has 0 aliphatic rings. The Kier molecular flexibility index (Phi) is 5.27. The van der Waals surface area contributed by atoms with E-state index in [4.69, 9.17) is 12.0 Å². The molecule has 1 N–H and O–H groups in total. The summed E-state index contributed by atoms with van der Waals surface area (Å²) in [7, 11) is 0. The van der Waals surface area contributed by atoms with Crippen molar-refractivity contribution < 1.29 is 9.90 Å². The number of hydrogen-bond donors (Lipinski definition) is 1. The van der Waals surface area contributed by atoms with Crippen molar-refractivity contribution in [3.8, 4) is 0 Å². The van der Waals surface area contributed by atoms with E-state index in [2.05, 4.69) is 0 Å². The Labute approximate surface area is 55.9 Å². The topological polar surface area (TPSA) is 37.3 Å². The summed E-state index contributed by atoms with van der Waals surface area (Å²) in [4.78, 5) is 9.93. The van der Waals surface area contributed by atoms with E-state index in [9.17, 15) is 4.79 Å². The molecule has 0 unspecified atom stereocenters. The number of rotatable bonds is 5. The Balaban J connectivity index is 2.83. The maximum absolute atomic E-state index is 9.93. The predicted octanol–water partition coefficient (Wildman–Crippen LogP) is 1.73. The molecule has 9 heavy (non-hydrogen) atoms. The standard InChI is InChI=1S/C7H12O2/c1-2-3-4-5-6-7(8)9/h1H,2-6H2,(H,8,9). The first-order valence-electron chi connectivity index (χ1n) is 3.19. The Morgan fingerprint density at radius 1 is 1.33 bits per heavy atom. The van der Waals surface area contributed by atoms with E-state index >= 15 is 0 Å². The zero-order valence-electron chi connectivity index (χ0n) is 5.47. The molecule has 0 amide bonds. The highest BCUT2D eigenvalue weighted by molar-refractivity contribution is 5.66. The minimum atomic E-state index is -0.716. The first-order valence-corrected chi connectivity index (χ1v) is 3.19. The highest BCUT2D eigenvalue weighted by Gasteiger charge is 1.93. The van der Waals surface area contributed by atoms with Gasteiger partial charge >= 0.3 is 5.97 Å². The van der Waals surface area contributed by atoms with Crippen molar-refractivity contribution in [3.05, 3.63) is 6.92 Å². The SMILES string of the molecule is [CH]CCCCCC(=O)O. The smallest absolute Gasteiger partial charge is 0.303 e. The first-order chi connectivity index (χ1) is 4.27. The fraction of sp³-hybridized carbons (Fsp3) is 0.714. The molecule has 0 fully saturated rings. The van der Waals surface area contributed by atoms with E-state index in [0.717, 1.165) is 19.3 Å². The fourth-order valence-corrected chi connectivity index (χ4v) is 0.597. The van der Waals surface area contributed by atoms with Gasteiger partial charge in [-0.05, 0) is 19.8 Å². The van der Waals surface area contributed by atoms with Crippen LogP contribution in [0.1, 0.15) is 32.1 Å². The number of hydrogen-bond acceptors (Lipinski definition) is 1. The maximum Gasteiger partial charge on any atom is 0.303 e. The van der Waals surface area contributed by atoms with Gasteiger partial charge in [0.1, 0.15) is 0 Å². The summed E-state index contributed by atoms with van der Waals surface area (Å²) in [5.74, 6) is -0.716. The second-order valence-corrected chi connectivity index (χ2v) is 1.99. The van der Waals surface area contributed by atoms with Crippen LogP contribution in [0.15, 0.2) is 0 Å². The second kappa shape index (κ2) is 5.60. The highest BCUT2D eigenvalue weighted by Crippen LogP contribution is 2.01. The third-order valence-corrected chi connectivity index (χ3v) is 1.09. The Morgan fingerprint density at radius 3 is 2.44 bits per heavy atom. The summed E-state index contributed by atoms with van der Waals surface area (Å²) < 4.78 is 0. The lowest BCUT2D eigenvalue weighted by molar-refractivity contribution is -0.137.